The zero-order valence-electron chi connectivity index (χ0n) is 11.7. The maximum Gasteiger partial charge on any atom is 0.139 e. The Kier molecular flexibility index (Phi) is 2.86. The number of H-pyrrole nitrogens is 1. The van der Waals surface area contributed by atoms with Crippen LogP contribution in [0.5, 0.6) is 0 Å². The molecular formula is C15H16N6. The molecule has 6 nitrogen and oxygen atoms in total. The fourth-order valence-electron chi connectivity index (χ4n) is 3.26. The first-order valence-electron chi connectivity index (χ1n) is 7.25. The molecule has 0 saturated carbocycles. The maximum atomic E-state index is 8.71. The monoisotopic (exact) mass is 280 g/mol. The molecule has 1 fully saturated rings. The van der Waals surface area contributed by atoms with Crippen molar-refractivity contribution in [3.8, 4) is 6.07 Å². The zero-order valence-corrected chi connectivity index (χ0v) is 11.7. The van der Waals surface area contributed by atoms with Gasteiger partial charge in [-0.15, -0.1) is 0 Å². The molecule has 1 saturated heterocycles. The van der Waals surface area contributed by atoms with E-state index in [-0.39, 0.29) is 0 Å². The largest absolute Gasteiger partial charge is 0.346 e. The Morgan fingerprint density at radius 1 is 1.43 bits per heavy atom. The van der Waals surface area contributed by atoms with E-state index >= 15 is 0 Å². The molecule has 4 heterocycles. The summed E-state index contributed by atoms with van der Waals surface area (Å²) in [4.78, 5) is 14.4. The molecule has 1 atom stereocenters. The van der Waals surface area contributed by atoms with Gasteiger partial charge in [0.05, 0.1) is 24.1 Å². The maximum absolute atomic E-state index is 8.71. The minimum absolute atomic E-state index is 0.425. The highest BCUT2D eigenvalue weighted by Crippen LogP contribution is 2.29. The number of pyridine rings is 1. The molecule has 0 spiro atoms. The van der Waals surface area contributed by atoms with Gasteiger partial charge in [0.15, 0.2) is 0 Å². The van der Waals surface area contributed by atoms with Gasteiger partial charge in [-0.2, -0.15) is 5.26 Å². The molecule has 6 heteroatoms. The number of aromatic amines is 1. The predicted molar refractivity (Wildman–Crippen MR) is 79.7 cm³/mol. The second kappa shape index (κ2) is 4.86. The third-order valence-corrected chi connectivity index (χ3v) is 4.30. The van der Waals surface area contributed by atoms with Gasteiger partial charge in [0.1, 0.15) is 11.2 Å². The summed E-state index contributed by atoms with van der Waals surface area (Å²) >= 11 is 0. The van der Waals surface area contributed by atoms with Crippen LogP contribution < -0.4 is 0 Å². The molecule has 1 aliphatic heterocycles. The van der Waals surface area contributed by atoms with Gasteiger partial charge in [-0.3, -0.25) is 0 Å². The van der Waals surface area contributed by atoms with Gasteiger partial charge < -0.3 is 14.5 Å². The number of likely N-dealkylation sites (tertiary alicyclic amines) is 1. The fraction of sp³-hybridized carbons (Fsp3) is 0.400. The lowest BCUT2D eigenvalue weighted by Gasteiger charge is -2.15. The van der Waals surface area contributed by atoms with Crippen LogP contribution in [0.15, 0.2) is 24.8 Å². The third kappa shape index (κ3) is 1.98. The quantitative estimate of drug-likeness (QED) is 0.797. The van der Waals surface area contributed by atoms with Crippen LogP contribution in [-0.2, 0) is 0 Å². The lowest BCUT2D eigenvalue weighted by atomic mass is 10.2. The number of hydrogen-bond acceptors (Lipinski definition) is 4. The number of nitriles is 1. The van der Waals surface area contributed by atoms with Gasteiger partial charge in [0, 0.05) is 43.7 Å². The Hall–Kier alpha value is -2.39. The van der Waals surface area contributed by atoms with Gasteiger partial charge in [-0.05, 0) is 12.5 Å². The van der Waals surface area contributed by atoms with Crippen LogP contribution >= 0.6 is 0 Å². The number of fused-ring (bicyclic) bond motifs is 3. The molecule has 0 aliphatic carbocycles. The van der Waals surface area contributed by atoms with Crippen molar-refractivity contribution in [2.45, 2.75) is 18.9 Å². The Labute approximate surface area is 122 Å². The number of nitrogens with one attached hydrogen (secondary N) is 1. The van der Waals surface area contributed by atoms with Crippen LogP contribution in [0.3, 0.4) is 0 Å². The molecule has 3 aromatic rings. The molecule has 1 aliphatic rings. The lowest BCUT2D eigenvalue weighted by molar-refractivity contribution is 0.332. The van der Waals surface area contributed by atoms with Gasteiger partial charge in [0.2, 0.25) is 0 Å². The molecule has 1 unspecified atom stereocenters. The average molecular weight is 280 g/mol. The highest BCUT2D eigenvalue weighted by atomic mass is 15.2. The van der Waals surface area contributed by atoms with Crippen molar-refractivity contribution < 1.29 is 0 Å². The first-order valence-corrected chi connectivity index (χ1v) is 7.25. The summed E-state index contributed by atoms with van der Waals surface area (Å²) in [5.74, 6) is 0. The zero-order chi connectivity index (χ0) is 14.2. The number of imidazole rings is 1. The van der Waals surface area contributed by atoms with Crippen molar-refractivity contribution in [3.05, 3.63) is 24.8 Å². The topological polar surface area (TPSA) is 73.5 Å². The minimum Gasteiger partial charge on any atom is -0.346 e. The summed E-state index contributed by atoms with van der Waals surface area (Å²) in [6.07, 6.45) is 7.38. The molecule has 21 heavy (non-hydrogen) atoms. The normalized spacial score (nSPS) is 19.5. The van der Waals surface area contributed by atoms with E-state index in [2.05, 4.69) is 36.6 Å². The first kappa shape index (κ1) is 12.4. The summed E-state index contributed by atoms with van der Waals surface area (Å²) in [7, 11) is 0. The van der Waals surface area contributed by atoms with E-state index < -0.39 is 0 Å². The van der Waals surface area contributed by atoms with E-state index in [1.165, 1.54) is 0 Å². The standard InChI is InChI=1S/C15H16N6/c16-4-1-6-20-7-3-11(9-20)21-10-19-13-8-18-15-12(14(13)21)2-5-17-15/h2,5,8,10-11H,1,3,6-7,9H2,(H,17,18). The Morgan fingerprint density at radius 3 is 3.29 bits per heavy atom. The summed E-state index contributed by atoms with van der Waals surface area (Å²) < 4.78 is 2.28. The smallest absolute Gasteiger partial charge is 0.139 e. The number of hydrogen-bond donors (Lipinski definition) is 1. The van der Waals surface area contributed by atoms with Crippen molar-refractivity contribution in [3.63, 3.8) is 0 Å². The highest BCUT2D eigenvalue weighted by molar-refractivity contribution is 6.00. The molecule has 1 N–H and O–H groups in total. The minimum atomic E-state index is 0.425. The van der Waals surface area contributed by atoms with Gasteiger partial charge in [0.25, 0.3) is 0 Å². The number of aromatic nitrogens is 4. The Morgan fingerprint density at radius 2 is 2.38 bits per heavy atom. The second-order valence-corrected chi connectivity index (χ2v) is 5.54. The molecule has 4 rings (SSSR count). The summed E-state index contributed by atoms with van der Waals surface area (Å²) in [6, 6.07) is 4.71. The first-order chi connectivity index (χ1) is 10.4. The van der Waals surface area contributed by atoms with Crippen molar-refractivity contribution in [1.29, 1.82) is 5.26 Å². The SMILES string of the molecule is N#CCCN1CCC(n2cnc3cnc4[nH]ccc4c32)C1. The lowest BCUT2D eigenvalue weighted by Crippen LogP contribution is -2.22. The fourth-order valence-corrected chi connectivity index (χ4v) is 3.26. The van der Waals surface area contributed by atoms with E-state index in [9.17, 15) is 0 Å². The summed E-state index contributed by atoms with van der Waals surface area (Å²) in [5, 5.41) is 9.84. The molecule has 0 bridgehead atoms. The number of nitrogens with zero attached hydrogens (tertiary/aromatic N) is 5. The molecule has 3 aromatic heterocycles. The predicted octanol–water partition coefficient (Wildman–Crippen LogP) is 2.07. The Balaban J connectivity index is 1.71. The van der Waals surface area contributed by atoms with Crippen molar-refractivity contribution in [2.24, 2.45) is 0 Å². The summed E-state index contributed by atoms with van der Waals surface area (Å²) in [6.45, 7) is 2.90. The average Bonchev–Trinajstić information content (AvgIpc) is 3.21. The van der Waals surface area contributed by atoms with E-state index in [0.29, 0.717) is 12.5 Å². The van der Waals surface area contributed by atoms with Crippen molar-refractivity contribution in [2.75, 3.05) is 19.6 Å². The van der Waals surface area contributed by atoms with E-state index in [1.54, 1.807) is 0 Å². The Bertz CT molecular complexity index is 824. The van der Waals surface area contributed by atoms with Crippen LogP contribution in [0, 0.1) is 11.3 Å². The van der Waals surface area contributed by atoms with Crippen LogP contribution in [0.1, 0.15) is 18.9 Å². The molecular weight excluding hydrogens is 264 g/mol. The van der Waals surface area contributed by atoms with Crippen LogP contribution in [0.4, 0.5) is 0 Å². The van der Waals surface area contributed by atoms with Crippen LogP contribution in [0.2, 0.25) is 0 Å². The third-order valence-electron chi connectivity index (χ3n) is 4.30. The van der Waals surface area contributed by atoms with E-state index in [4.69, 9.17) is 5.26 Å². The van der Waals surface area contributed by atoms with Gasteiger partial charge >= 0.3 is 0 Å². The molecule has 0 amide bonds. The van der Waals surface area contributed by atoms with Crippen LogP contribution in [-0.4, -0.2) is 44.1 Å². The molecule has 0 radical (unpaired) electrons. The number of rotatable bonds is 3. The van der Waals surface area contributed by atoms with Gasteiger partial charge in [-0.25, -0.2) is 9.97 Å². The molecule has 0 aromatic carbocycles. The second-order valence-electron chi connectivity index (χ2n) is 5.54. The summed E-state index contributed by atoms with van der Waals surface area (Å²) in [5.41, 5.74) is 3.01. The highest BCUT2D eigenvalue weighted by Gasteiger charge is 2.25. The van der Waals surface area contributed by atoms with E-state index in [1.807, 2.05) is 18.7 Å². The van der Waals surface area contributed by atoms with Crippen molar-refractivity contribution in [1.82, 2.24) is 24.4 Å². The van der Waals surface area contributed by atoms with Crippen molar-refractivity contribution >= 4 is 22.1 Å². The van der Waals surface area contributed by atoms with Crippen LogP contribution in [0.25, 0.3) is 22.1 Å². The van der Waals surface area contributed by atoms with E-state index in [0.717, 1.165) is 48.1 Å². The van der Waals surface area contributed by atoms with Gasteiger partial charge in [-0.1, -0.05) is 0 Å². The molecule has 106 valence electrons.